The lowest BCUT2D eigenvalue weighted by atomic mass is 10.1. The van der Waals surface area contributed by atoms with Crippen LogP contribution in [0.25, 0.3) is 0 Å². The lowest BCUT2D eigenvalue weighted by molar-refractivity contribution is -0.143. The molecule has 0 spiro atoms. The molecule has 7 heteroatoms. The van der Waals surface area contributed by atoms with Crippen LogP contribution in [0.2, 0.25) is 0 Å². The van der Waals surface area contributed by atoms with Gasteiger partial charge < -0.3 is 4.74 Å². The summed E-state index contributed by atoms with van der Waals surface area (Å²) >= 11 is 0. The molecule has 1 rings (SSSR count). The van der Waals surface area contributed by atoms with Crippen molar-refractivity contribution in [2.24, 2.45) is 5.92 Å². The monoisotopic (exact) mass is 289 g/mol. The van der Waals surface area contributed by atoms with Gasteiger partial charge in [0.25, 0.3) is 0 Å². The molecular formula is C12H16FNO4S. The van der Waals surface area contributed by atoms with Gasteiger partial charge in [-0.05, 0) is 18.1 Å². The number of rotatable bonds is 5. The number of sulfonamides is 1. The van der Waals surface area contributed by atoms with Gasteiger partial charge in [0.05, 0.1) is 7.11 Å². The normalized spacial score (nSPS) is 13.3. The van der Waals surface area contributed by atoms with Crippen molar-refractivity contribution in [3.05, 3.63) is 30.1 Å². The van der Waals surface area contributed by atoms with Crippen LogP contribution in [0.5, 0.6) is 0 Å². The van der Waals surface area contributed by atoms with Crippen LogP contribution in [0.15, 0.2) is 29.2 Å². The van der Waals surface area contributed by atoms with E-state index in [0.717, 1.165) is 19.2 Å². The Morgan fingerprint density at radius 3 is 2.37 bits per heavy atom. The molecule has 0 aliphatic rings. The van der Waals surface area contributed by atoms with E-state index in [2.05, 4.69) is 9.46 Å². The lowest BCUT2D eigenvalue weighted by Crippen LogP contribution is -2.45. The van der Waals surface area contributed by atoms with Crippen molar-refractivity contribution in [3.8, 4) is 0 Å². The number of hydrogen-bond acceptors (Lipinski definition) is 4. The third-order valence-corrected chi connectivity index (χ3v) is 4.00. The maximum atomic E-state index is 13.5. The van der Waals surface area contributed by atoms with Crippen LogP contribution >= 0.6 is 0 Å². The van der Waals surface area contributed by atoms with E-state index in [1.807, 2.05) is 0 Å². The van der Waals surface area contributed by atoms with Gasteiger partial charge in [-0.3, -0.25) is 4.79 Å². The van der Waals surface area contributed by atoms with E-state index in [-0.39, 0.29) is 5.92 Å². The maximum Gasteiger partial charge on any atom is 0.324 e. The fraction of sp³-hybridized carbons (Fsp3) is 0.417. The fourth-order valence-corrected chi connectivity index (χ4v) is 2.89. The van der Waals surface area contributed by atoms with Gasteiger partial charge in [-0.25, -0.2) is 12.8 Å². The van der Waals surface area contributed by atoms with E-state index >= 15 is 0 Å². The van der Waals surface area contributed by atoms with E-state index in [1.165, 1.54) is 12.1 Å². The molecule has 0 radical (unpaired) electrons. The number of carbonyl (C=O) groups is 1. The summed E-state index contributed by atoms with van der Waals surface area (Å²) in [6.07, 6.45) is 0. The van der Waals surface area contributed by atoms with Crippen molar-refractivity contribution in [2.75, 3.05) is 7.11 Å². The van der Waals surface area contributed by atoms with Crippen LogP contribution < -0.4 is 4.72 Å². The molecule has 0 amide bonds. The van der Waals surface area contributed by atoms with Crippen LogP contribution in [0.4, 0.5) is 4.39 Å². The first-order valence-electron chi connectivity index (χ1n) is 5.64. The minimum absolute atomic E-state index is 0.325. The van der Waals surface area contributed by atoms with Crippen LogP contribution in [-0.4, -0.2) is 27.5 Å². The summed E-state index contributed by atoms with van der Waals surface area (Å²) in [6.45, 7) is 3.32. The van der Waals surface area contributed by atoms with Gasteiger partial charge in [0, 0.05) is 0 Å². The summed E-state index contributed by atoms with van der Waals surface area (Å²) in [5.74, 6) is -1.91. The van der Waals surface area contributed by atoms with E-state index < -0.39 is 32.7 Å². The second-order valence-electron chi connectivity index (χ2n) is 4.30. The molecule has 1 N–H and O–H groups in total. The van der Waals surface area contributed by atoms with Crippen molar-refractivity contribution in [1.29, 1.82) is 0 Å². The quantitative estimate of drug-likeness (QED) is 0.829. The Morgan fingerprint density at radius 1 is 1.32 bits per heavy atom. The number of esters is 1. The first-order chi connectivity index (χ1) is 8.79. The molecule has 1 aromatic carbocycles. The zero-order valence-corrected chi connectivity index (χ0v) is 11.7. The Balaban J connectivity index is 3.08. The number of ether oxygens (including phenoxy) is 1. The average molecular weight is 289 g/mol. The molecule has 0 fully saturated rings. The van der Waals surface area contributed by atoms with E-state index in [4.69, 9.17) is 0 Å². The van der Waals surface area contributed by atoms with Gasteiger partial charge in [-0.1, -0.05) is 26.0 Å². The zero-order chi connectivity index (χ0) is 14.6. The molecule has 19 heavy (non-hydrogen) atoms. The Kier molecular flexibility index (Phi) is 5.02. The molecule has 106 valence electrons. The zero-order valence-electron chi connectivity index (χ0n) is 10.9. The van der Waals surface area contributed by atoms with E-state index in [9.17, 15) is 17.6 Å². The fourth-order valence-electron chi connectivity index (χ4n) is 1.48. The van der Waals surface area contributed by atoms with Gasteiger partial charge in [0.1, 0.15) is 16.8 Å². The highest BCUT2D eigenvalue weighted by molar-refractivity contribution is 7.89. The van der Waals surface area contributed by atoms with Crippen molar-refractivity contribution >= 4 is 16.0 Å². The van der Waals surface area contributed by atoms with Gasteiger partial charge in [0.15, 0.2) is 0 Å². The Morgan fingerprint density at radius 2 is 1.89 bits per heavy atom. The smallest absolute Gasteiger partial charge is 0.324 e. The van der Waals surface area contributed by atoms with Crippen molar-refractivity contribution in [1.82, 2.24) is 4.72 Å². The second kappa shape index (κ2) is 6.12. The number of methoxy groups -OCH3 is 1. The molecule has 0 heterocycles. The van der Waals surface area contributed by atoms with Crippen molar-refractivity contribution < 1.29 is 22.3 Å². The van der Waals surface area contributed by atoms with Gasteiger partial charge in [0.2, 0.25) is 10.0 Å². The Hall–Kier alpha value is -1.47. The van der Waals surface area contributed by atoms with Crippen LogP contribution in [0, 0.1) is 11.7 Å². The molecule has 1 aromatic rings. The molecule has 0 saturated carbocycles. The summed E-state index contributed by atoms with van der Waals surface area (Å²) in [7, 11) is -2.95. The first kappa shape index (κ1) is 15.6. The SMILES string of the molecule is COC(=O)[C@H](NS(=O)(=O)c1ccccc1F)C(C)C. The number of halogens is 1. The number of carbonyl (C=O) groups excluding carboxylic acids is 1. The lowest BCUT2D eigenvalue weighted by Gasteiger charge is -2.19. The van der Waals surface area contributed by atoms with E-state index in [1.54, 1.807) is 13.8 Å². The highest BCUT2D eigenvalue weighted by Crippen LogP contribution is 2.15. The predicted molar refractivity (Wildman–Crippen MR) is 67.4 cm³/mol. The molecule has 0 aromatic heterocycles. The topological polar surface area (TPSA) is 72.5 Å². The van der Waals surface area contributed by atoms with Gasteiger partial charge in [-0.2, -0.15) is 4.72 Å². The molecule has 0 unspecified atom stereocenters. The molecule has 0 saturated heterocycles. The van der Waals surface area contributed by atoms with E-state index in [0.29, 0.717) is 0 Å². The summed E-state index contributed by atoms with van der Waals surface area (Å²) in [4.78, 5) is 11.0. The molecule has 0 aliphatic heterocycles. The third kappa shape index (κ3) is 3.74. The van der Waals surface area contributed by atoms with Gasteiger partial charge in [-0.15, -0.1) is 0 Å². The minimum Gasteiger partial charge on any atom is -0.468 e. The number of nitrogens with one attached hydrogen (secondary N) is 1. The predicted octanol–water partition coefficient (Wildman–Crippen LogP) is 1.30. The van der Waals surface area contributed by atoms with Crippen LogP contribution in [0.1, 0.15) is 13.8 Å². The average Bonchev–Trinajstić information content (AvgIpc) is 2.35. The van der Waals surface area contributed by atoms with Crippen LogP contribution in [-0.2, 0) is 19.6 Å². The molecule has 5 nitrogen and oxygen atoms in total. The summed E-state index contributed by atoms with van der Waals surface area (Å²) < 4.78 is 44.2. The van der Waals surface area contributed by atoms with Gasteiger partial charge >= 0.3 is 5.97 Å². The third-order valence-electron chi connectivity index (χ3n) is 2.53. The van der Waals surface area contributed by atoms with Crippen molar-refractivity contribution in [3.63, 3.8) is 0 Å². The summed E-state index contributed by atoms with van der Waals surface area (Å²) in [5.41, 5.74) is 0. The Bertz CT molecular complexity index is 557. The largest absolute Gasteiger partial charge is 0.468 e. The Labute approximate surface area is 111 Å². The molecular weight excluding hydrogens is 273 g/mol. The summed E-state index contributed by atoms with van der Waals surface area (Å²) in [6, 6.07) is 3.90. The van der Waals surface area contributed by atoms with Crippen molar-refractivity contribution in [2.45, 2.75) is 24.8 Å². The first-order valence-corrected chi connectivity index (χ1v) is 7.12. The highest BCUT2D eigenvalue weighted by Gasteiger charge is 2.30. The molecule has 1 atom stereocenters. The molecule has 0 aliphatic carbocycles. The second-order valence-corrected chi connectivity index (χ2v) is 5.98. The number of benzene rings is 1. The standard InChI is InChI=1S/C12H16FNO4S/c1-8(2)11(12(15)18-3)14-19(16,17)10-7-5-4-6-9(10)13/h4-8,11,14H,1-3H3/t11-/m1/s1. The highest BCUT2D eigenvalue weighted by atomic mass is 32.2. The maximum absolute atomic E-state index is 13.5. The molecule has 0 bridgehead atoms. The summed E-state index contributed by atoms with van der Waals surface area (Å²) in [5, 5.41) is 0. The number of hydrogen-bond donors (Lipinski definition) is 1. The van der Waals surface area contributed by atoms with Crippen LogP contribution in [0.3, 0.4) is 0 Å². The minimum atomic E-state index is -4.12.